The van der Waals surface area contributed by atoms with Crippen molar-refractivity contribution in [1.82, 2.24) is 0 Å². The smallest absolute Gasteiger partial charge is 0.0708 e. The monoisotopic (exact) mass is 1130 g/mol. The Kier molecular flexibility index (Phi) is 15.6. The predicted octanol–water partition coefficient (Wildman–Crippen LogP) is 23.9. The van der Waals surface area contributed by atoms with Crippen molar-refractivity contribution in [2.24, 2.45) is 0 Å². The first kappa shape index (κ1) is 54.2. The second kappa shape index (κ2) is 25.2. The average molecular weight is 1130 g/mol. The molecule has 0 heterocycles. The van der Waals surface area contributed by atoms with E-state index in [1.54, 1.807) is 0 Å². The van der Waals surface area contributed by atoms with Gasteiger partial charge < -0.3 is 19.6 Å². The molecular weight excluding hydrogens is 1060 g/mol. The standard InChI is InChI=1S/C84H62N4/c1-9-29-63(30-10-1)65-33-25-35-67(57-65)69-37-27-51-79(59-69)87(77-47-21-7-22-48-77)81-55-53-71(61-83(81)85(73-39-13-3-14-40-73)74-41-15-4-16-42-74)72-54-56-82(84(62-72)86(75-43-17-5-18-44-75)76-45-19-6-20-46-76)88(78-49-23-8-24-50-78)80-52-28-38-70(60-80)68-36-26-34-66(58-68)64-31-11-2-12-32-64/h1-62H. The van der Waals surface area contributed by atoms with E-state index in [2.05, 4.69) is 396 Å². The molecule has 14 rings (SSSR count). The maximum atomic E-state index is 2.41. The van der Waals surface area contributed by atoms with Crippen LogP contribution in [-0.4, -0.2) is 0 Å². The fourth-order valence-electron chi connectivity index (χ4n) is 12.0. The highest BCUT2D eigenvalue weighted by molar-refractivity contribution is 5.98. The summed E-state index contributed by atoms with van der Waals surface area (Å²) in [5.74, 6) is 0. The van der Waals surface area contributed by atoms with Crippen LogP contribution in [-0.2, 0) is 0 Å². The van der Waals surface area contributed by atoms with E-state index >= 15 is 0 Å². The molecule has 0 amide bonds. The zero-order valence-corrected chi connectivity index (χ0v) is 48.6. The average Bonchev–Trinajstić information content (AvgIpc) is 1.26. The summed E-state index contributed by atoms with van der Waals surface area (Å²) in [6.45, 7) is 0. The van der Waals surface area contributed by atoms with Crippen molar-refractivity contribution in [3.63, 3.8) is 0 Å². The van der Waals surface area contributed by atoms with Crippen molar-refractivity contribution in [1.29, 1.82) is 0 Å². The maximum absolute atomic E-state index is 2.41. The number of para-hydroxylation sites is 6. The van der Waals surface area contributed by atoms with Crippen LogP contribution in [0.3, 0.4) is 0 Å². The van der Waals surface area contributed by atoms with Crippen molar-refractivity contribution in [3.8, 4) is 55.6 Å². The molecule has 0 atom stereocenters. The summed E-state index contributed by atoms with van der Waals surface area (Å²) >= 11 is 0. The molecule has 0 N–H and O–H groups in total. The minimum atomic E-state index is 1.00. The summed E-state index contributed by atoms with van der Waals surface area (Å²) in [7, 11) is 0. The van der Waals surface area contributed by atoms with Crippen LogP contribution in [0.15, 0.2) is 376 Å². The second-order valence-corrected chi connectivity index (χ2v) is 21.8. The van der Waals surface area contributed by atoms with Crippen LogP contribution in [0.1, 0.15) is 0 Å². The fourth-order valence-corrected chi connectivity index (χ4v) is 12.0. The second-order valence-electron chi connectivity index (χ2n) is 21.8. The molecule has 0 aliphatic carbocycles. The van der Waals surface area contributed by atoms with Gasteiger partial charge in [-0.05, 0) is 189 Å². The van der Waals surface area contributed by atoms with Gasteiger partial charge in [-0.15, -0.1) is 0 Å². The third-order valence-electron chi connectivity index (χ3n) is 16.1. The molecule has 0 unspecified atom stereocenters. The third-order valence-corrected chi connectivity index (χ3v) is 16.1. The molecule has 0 spiro atoms. The summed E-state index contributed by atoms with van der Waals surface area (Å²) in [5.41, 5.74) is 23.7. The van der Waals surface area contributed by atoms with Crippen molar-refractivity contribution in [2.75, 3.05) is 19.6 Å². The molecule has 88 heavy (non-hydrogen) atoms. The van der Waals surface area contributed by atoms with E-state index in [0.717, 1.165) is 102 Å². The molecule has 4 heteroatoms. The van der Waals surface area contributed by atoms with Crippen LogP contribution in [0.4, 0.5) is 68.2 Å². The normalized spacial score (nSPS) is 11.0. The first-order valence-corrected chi connectivity index (χ1v) is 30.0. The lowest BCUT2D eigenvalue weighted by Crippen LogP contribution is -2.17. The number of anilines is 12. The molecule has 14 aromatic carbocycles. The van der Waals surface area contributed by atoms with E-state index in [9.17, 15) is 0 Å². The van der Waals surface area contributed by atoms with E-state index < -0.39 is 0 Å². The minimum absolute atomic E-state index is 1.00. The van der Waals surface area contributed by atoms with E-state index in [1.807, 2.05) is 0 Å². The van der Waals surface area contributed by atoms with Crippen LogP contribution in [0, 0.1) is 0 Å². The summed E-state index contributed by atoms with van der Waals surface area (Å²) in [5, 5.41) is 0. The summed E-state index contributed by atoms with van der Waals surface area (Å²) < 4.78 is 0. The lowest BCUT2D eigenvalue weighted by Gasteiger charge is -2.34. The zero-order chi connectivity index (χ0) is 58.9. The predicted molar refractivity (Wildman–Crippen MR) is 372 cm³/mol. The van der Waals surface area contributed by atoms with Gasteiger partial charge in [-0.25, -0.2) is 0 Å². The molecule has 0 aromatic heterocycles. The first-order chi connectivity index (χ1) is 43.7. The molecule has 0 aliphatic rings. The Bertz CT molecular complexity index is 4230. The van der Waals surface area contributed by atoms with E-state index in [4.69, 9.17) is 0 Å². The molecule has 0 saturated heterocycles. The lowest BCUT2D eigenvalue weighted by molar-refractivity contribution is 1.22. The van der Waals surface area contributed by atoms with Gasteiger partial charge in [0.15, 0.2) is 0 Å². The third kappa shape index (κ3) is 11.5. The van der Waals surface area contributed by atoms with Crippen molar-refractivity contribution >= 4 is 68.2 Å². The highest BCUT2D eigenvalue weighted by Gasteiger charge is 2.27. The molecule has 418 valence electrons. The van der Waals surface area contributed by atoms with Gasteiger partial charge >= 0.3 is 0 Å². The van der Waals surface area contributed by atoms with Crippen molar-refractivity contribution in [3.05, 3.63) is 376 Å². The van der Waals surface area contributed by atoms with Gasteiger partial charge in [0, 0.05) is 45.5 Å². The van der Waals surface area contributed by atoms with Gasteiger partial charge in [-0.1, -0.05) is 243 Å². The number of benzene rings is 14. The quantitative estimate of drug-likeness (QED) is 0.0901. The highest BCUT2D eigenvalue weighted by atomic mass is 15.2. The number of hydrogen-bond acceptors (Lipinski definition) is 4. The molecule has 14 aromatic rings. The van der Waals surface area contributed by atoms with Crippen molar-refractivity contribution < 1.29 is 0 Å². The Hall–Kier alpha value is -11.7. The lowest BCUT2D eigenvalue weighted by atomic mass is 9.97. The topological polar surface area (TPSA) is 13.0 Å². The van der Waals surface area contributed by atoms with Crippen LogP contribution < -0.4 is 19.6 Å². The van der Waals surface area contributed by atoms with Gasteiger partial charge in [-0.3, -0.25) is 0 Å². The van der Waals surface area contributed by atoms with E-state index in [-0.39, 0.29) is 0 Å². The molecule has 0 radical (unpaired) electrons. The SMILES string of the molecule is c1ccc(-c2cccc(-c3cccc(N(c4ccccc4)c4ccc(-c5ccc(N(c6ccccc6)c6cccc(-c7cccc(-c8ccccc8)c7)c6)c(N(c6ccccc6)c6ccccc6)c5)cc4N(c4ccccc4)c4ccccc4)c3)c2)cc1. The van der Waals surface area contributed by atoms with Gasteiger partial charge in [0.05, 0.1) is 22.7 Å². The highest BCUT2D eigenvalue weighted by Crippen LogP contribution is 2.51. The van der Waals surface area contributed by atoms with E-state index in [0.29, 0.717) is 0 Å². The van der Waals surface area contributed by atoms with Crippen LogP contribution in [0.25, 0.3) is 55.6 Å². The number of rotatable bonds is 17. The molecular formula is C84H62N4. The Morgan fingerprint density at radius 2 is 0.307 bits per heavy atom. The minimum Gasteiger partial charge on any atom is -0.308 e. The molecule has 0 bridgehead atoms. The summed E-state index contributed by atoms with van der Waals surface area (Å²) in [6.07, 6.45) is 0. The van der Waals surface area contributed by atoms with Crippen LogP contribution >= 0.6 is 0 Å². The molecule has 0 aliphatic heterocycles. The Morgan fingerprint density at radius 3 is 0.591 bits per heavy atom. The molecule has 4 nitrogen and oxygen atoms in total. The number of hydrogen-bond donors (Lipinski definition) is 0. The Labute approximate surface area is 516 Å². The molecule has 0 saturated carbocycles. The maximum Gasteiger partial charge on any atom is 0.0708 e. The van der Waals surface area contributed by atoms with Gasteiger partial charge in [-0.2, -0.15) is 0 Å². The Balaban J connectivity index is 0.981. The largest absolute Gasteiger partial charge is 0.308 e. The van der Waals surface area contributed by atoms with Crippen LogP contribution in [0.2, 0.25) is 0 Å². The summed E-state index contributed by atoms with van der Waals surface area (Å²) in [6, 6.07) is 135. The fraction of sp³-hybridized carbons (Fsp3) is 0. The van der Waals surface area contributed by atoms with Crippen molar-refractivity contribution in [2.45, 2.75) is 0 Å². The number of nitrogens with zero attached hydrogens (tertiary/aromatic N) is 4. The van der Waals surface area contributed by atoms with Gasteiger partial charge in [0.2, 0.25) is 0 Å². The molecule has 0 fully saturated rings. The van der Waals surface area contributed by atoms with Crippen LogP contribution in [0.5, 0.6) is 0 Å². The van der Waals surface area contributed by atoms with Gasteiger partial charge in [0.25, 0.3) is 0 Å². The summed E-state index contributed by atoms with van der Waals surface area (Å²) in [4.78, 5) is 9.62. The van der Waals surface area contributed by atoms with E-state index in [1.165, 1.54) is 22.3 Å². The first-order valence-electron chi connectivity index (χ1n) is 30.0. The van der Waals surface area contributed by atoms with Gasteiger partial charge in [0.1, 0.15) is 0 Å². The Morgan fingerprint density at radius 1 is 0.114 bits per heavy atom. The zero-order valence-electron chi connectivity index (χ0n) is 48.6.